The van der Waals surface area contributed by atoms with Crippen LogP contribution in [0, 0.1) is 0 Å². The molecule has 0 bridgehead atoms. The Balaban J connectivity index is 1.36. The van der Waals surface area contributed by atoms with E-state index in [1.807, 2.05) is 6.07 Å². The molecule has 2 aromatic carbocycles. The second kappa shape index (κ2) is 11.7. The lowest BCUT2D eigenvalue weighted by Crippen LogP contribution is -2.37. The summed E-state index contributed by atoms with van der Waals surface area (Å²) in [6.45, 7) is 5.79. The SMILES string of the molecule is CNC(=O)Nc1ccc(Oc2ccnc3cc(OCCCN4CCOCC4)c4c(c23)OCCO4)cc1Cl. The maximum Gasteiger partial charge on any atom is 0.319 e. The molecule has 1 fully saturated rings. The van der Waals surface area contributed by atoms with Crippen molar-refractivity contribution in [3.8, 4) is 28.7 Å². The summed E-state index contributed by atoms with van der Waals surface area (Å²) < 4.78 is 29.7. The zero-order valence-electron chi connectivity index (χ0n) is 20.5. The molecule has 196 valence electrons. The van der Waals surface area contributed by atoms with Crippen LogP contribution in [0.5, 0.6) is 28.7 Å². The average Bonchev–Trinajstić information content (AvgIpc) is 2.93. The Morgan fingerprint density at radius 3 is 2.68 bits per heavy atom. The van der Waals surface area contributed by atoms with Crippen LogP contribution in [0.1, 0.15) is 6.42 Å². The first-order valence-corrected chi connectivity index (χ1v) is 12.6. The fourth-order valence-electron chi connectivity index (χ4n) is 4.23. The smallest absolute Gasteiger partial charge is 0.319 e. The van der Waals surface area contributed by atoms with E-state index in [2.05, 4.69) is 20.5 Å². The molecule has 1 aromatic heterocycles. The van der Waals surface area contributed by atoms with E-state index in [9.17, 15) is 4.79 Å². The maximum absolute atomic E-state index is 11.6. The number of amides is 2. The molecule has 1 saturated heterocycles. The lowest BCUT2D eigenvalue weighted by Gasteiger charge is -2.26. The van der Waals surface area contributed by atoms with Gasteiger partial charge in [0.05, 0.1) is 41.4 Å². The van der Waals surface area contributed by atoms with Crippen molar-refractivity contribution in [2.45, 2.75) is 6.42 Å². The second-order valence-electron chi connectivity index (χ2n) is 8.54. The number of ether oxygens (including phenoxy) is 5. The highest BCUT2D eigenvalue weighted by atomic mass is 35.5. The first-order chi connectivity index (χ1) is 18.1. The van der Waals surface area contributed by atoms with Gasteiger partial charge < -0.3 is 34.3 Å². The van der Waals surface area contributed by atoms with Crippen LogP contribution < -0.4 is 29.6 Å². The number of halogens is 1. The van der Waals surface area contributed by atoms with Gasteiger partial charge in [-0.15, -0.1) is 0 Å². The summed E-state index contributed by atoms with van der Waals surface area (Å²) in [5, 5.41) is 6.17. The molecule has 2 amide bonds. The number of fused-ring (bicyclic) bond motifs is 3. The molecular weight excluding hydrogens is 500 g/mol. The molecule has 0 saturated carbocycles. The Kier molecular flexibility index (Phi) is 7.98. The Hall–Kier alpha value is -3.47. The monoisotopic (exact) mass is 528 g/mol. The van der Waals surface area contributed by atoms with Crippen LogP contribution in [0.25, 0.3) is 10.9 Å². The third kappa shape index (κ3) is 5.93. The molecule has 2 N–H and O–H groups in total. The Morgan fingerprint density at radius 2 is 1.89 bits per heavy atom. The molecule has 0 spiro atoms. The quantitative estimate of drug-likeness (QED) is 0.417. The van der Waals surface area contributed by atoms with Crippen molar-refractivity contribution in [2.24, 2.45) is 0 Å². The molecule has 0 radical (unpaired) electrons. The first-order valence-electron chi connectivity index (χ1n) is 12.2. The van der Waals surface area contributed by atoms with Crippen LogP contribution in [0.3, 0.4) is 0 Å². The van der Waals surface area contributed by atoms with Gasteiger partial charge in [-0.1, -0.05) is 11.6 Å². The first kappa shape index (κ1) is 25.2. The molecule has 3 aromatic rings. The summed E-state index contributed by atoms with van der Waals surface area (Å²) in [6, 6.07) is 8.28. The standard InChI is InChI=1S/C26H29ClN4O6/c1-28-26(32)30-19-4-3-17(15-18(19)27)37-21-5-6-29-20-16-22(24-25(23(20)21)36-14-13-35-24)34-10-2-7-31-8-11-33-12-9-31/h3-6,15-16H,2,7-14H2,1H3,(H2,28,30,32). The largest absolute Gasteiger partial charge is 0.489 e. The number of nitrogens with zero attached hydrogens (tertiary/aromatic N) is 2. The van der Waals surface area contributed by atoms with Crippen molar-refractivity contribution in [2.75, 3.05) is 65.0 Å². The molecule has 3 heterocycles. The minimum absolute atomic E-state index is 0.342. The van der Waals surface area contributed by atoms with Gasteiger partial charge in [0.2, 0.25) is 5.75 Å². The highest BCUT2D eigenvalue weighted by Crippen LogP contribution is 2.48. The Bertz CT molecular complexity index is 1270. The van der Waals surface area contributed by atoms with E-state index in [0.717, 1.165) is 39.3 Å². The fourth-order valence-corrected chi connectivity index (χ4v) is 4.45. The predicted octanol–water partition coefficient (Wildman–Crippen LogP) is 4.30. The normalized spacial score (nSPS) is 15.3. The van der Waals surface area contributed by atoms with E-state index in [1.54, 1.807) is 30.5 Å². The highest BCUT2D eigenvalue weighted by Gasteiger charge is 2.25. The van der Waals surface area contributed by atoms with Crippen molar-refractivity contribution < 1.29 is 28.5 Å². The average molecular weight is 529 g/mol. The Morgan fingerprint density at radius 1 is 1.08 bits per heavy atom. The van der Waals surface area contributed by atoms with E-state index < -0.39 is 0 Å². The number of anilines is 1. The number of benzene rings is 2. The molecular formula is C26H29ClN4O6. The number of rotatable bonds is 8. The molecule has 5 rings (SSSR count). The van der Waals surface area contributed by atoms with Crippen LogP contribution in [-0.4, -0.2) is 75.6 Å². The van der Waals surface area contributed by atoms with Crippen LogP contribution in [0.2, 0.25) is 5.02 Å². The zero-order valence-corrected chi connectivity index (χ0v) is 21.3. The molecule has 2 aliphatic heterocycles. The number of urea groups is 1. The van der Waals surface area contributed by atoms with Crippen molar-refractivity contribution in [1.82, 2.24) is 15.2 Å². The number of carbonyl (C=O) groups excluding carboxylic acids is 1. The van der Waals surface area contributed by atoms with Crippen LogP contribution in [-0.2, 0) is 4.74 Å². The zero-order chi connectivity index (χ0) is 25.6. The predicted molar refractivity (Wildman–Crippen MR) is 140 cm³/mol. The van der Waals surface area contributed by atoms with Gasteiger partial charge >= 0.3 is 6.03 Å². The van der Waals surface area contributed by atoms with Crippen LogP contribution in [0.15, 0.2) is 36.5 Å². The molecule has 0 unspecified atom stereocenters. The van der Waals surface area contributed by atoms with Crippen molar-refractivity contribution in [1.29, 1.82) is 0 Å². The number of morpholine rings is 1. The topological polar surface area (TPSA) is 103 Å². The van der Waals surface area contributed by atoms with Crippen molar-refractivity contribution in [3.63, 3.8) is 0 Å². The maximum atomic E-state index is 11.6. The molecule has 37 heavy (non-hydrogen) atoms. The van der Waals surface area contributed by atoms with Crippen LogP contribution in [0.4, 0.5) is 10.5 Å². The van der Waals surface area contributed by atoms with Gasteiger partial charge in [-0.2, -0.15) is 0 Å². The fraction of sp³-hybridized carbons (Fsp3) is 0.385. The molecule has 0 atom stereocenters. The number of pyridine rings is 1. The number of carbonyl (C=O) groups is 1. The number of hydrogen-bond acceptors (Lipinski definition) is 8. The van der Waals surface area contributed by atoms with Crippen LogP contribution >= 0.6 is 11.6 Å². The summed E-state index contributed by atoms with van der Waals surface area (Å²) in [5.74, 6) is 2.72. The summed E-state index contributed by atoms with van der Waals surface area (Å²) >= 11 is 6.36. The van der Waals surface area contributed by atoms with Gasteiger partial charge in [0, 0.05) is 45.0 Å². The van der Waals surface area contributed by atoms with Gasteiger partial charge in [0.1, 0.15) is 24.7 Å². The molecule has 11 heteroatoms. The summed E-state index contributed by atoms with van der Waals surface area (Å²) in [5.41, 5.74) is 1.13. The molecule has 10 nitrogen and oxygen atoms in total. The third-order valence-electron chi connectivity index (χ3n) is 6.07. The van der Waals surface area contributed by atoms with E-state index in [0.29, 0.717) is 70.2 Å². The lowest BCUT2D eigenvalue weighted by molar-refractivity contribution is 0.0357. The van der Waals surface area contributed by atoms with Crippen molar-refractivity contribution in [3.05, 3.63) is 41.6 Å². The van der Waals surface area contributed by atoms with Gasteiger partial charge in [-0.25, -0.2) is 4.79 Å². The number of nitrogens with one attached hydrogen (secondary N) is 2. The minimum atomic E-state index is -0.362. The van der Waals surface area contributed by atoms with E-state index in [-0.39, 0.29) is 6.03 Å². The third-order valence-corrected chi connectivity index (χ3v) is 6.38. The summed E-state index contributed by atoms with van der Waals surface area (Å²) in [4.78, 5) is 18.5. The second-order valence-corrected chi connectivity index (χ2v) is 8.94. The van der Waals surface area contributed by atoms with Gasteiger partial charge in [0.25, 0.3) is 0 Å². The van der Waals surface area contributed by atoms with E-state index in [4.69, 9.17) is 35.3 Å². The molecule has 2 aliphatic rings. The molecule has 0 aliphatic carbocycles. The Labute approximate surface area is 219 Å². The van der Waals surface area contributed by atoms with Gasteiger partial charge in [-0.3, -0.25) is 9.88 Å². The number of aromatic nitrogens is 1. The van der Waals surface area contributed by atoms with Crippen molar-refractivity contribution >= 4 is 34.2 Å². The van der Waals surface area contributed by atoms with E-state index >= 15 is 0 Å². The number of hydrogen-bond donors (Lipinski definition) is 2. The summed E-state index contributed by atoms with van der Waals surface area (Å²) in [6.07, 6.45) is 2.55. The van der Waals surface area contributed by atoms with E-state index in [1.165, 1.54) is 7.05 Å². The lowest BCUT2D eigenvalue weighted by atomic mass is 10.1. The van der Waals surface area contributed by atoms with Gasteiger partial charge in [0.15, 0.2) is 11.5 Å². The summed E-state index contributed by atoms with van der Waals surface area (Å²) in [7, 11) is 1.53. The van der Waals surface area contributed by atoms with Gasteiger partial charge in [-0.05, 0) is 24.6 Å². The minimum Gasteiger partial charge on any atom is -0.489 e. The highest BCUT2D eigenvalue weighted by molar-refractivity contribution is 6.33.